The van der Waals surface area contributed by atoms with Gasteiger partial charge in [0.1, 0.15) is 5.69 Å². The van der Waals surface area contributed by atoms with Crippen molar-refractivity contribution in [1.29, 1.82) is 0 Å². The van der Waals surface area contributed by atoms with Crippen LogP contribution < -0.4 is 5.32 Å². The van der Waals surface area contributed by atoms with Gasteiger partial charge in [-0.15, -0.1) is 0 Å². The summed E-state index contributed by atoms with van der Waals surface area (Å²) in [5.41, 5.74) is -1.29. The molecule has 2 bridgehead atoms. The van der Waals surface area contributed by atoms with Crippen LogP contribution in [0.3, 0.4) is 0 Å². The van der Waals surface area contributed by atoms with E-state index in [2.05, 4.69) is 15.2 Å². The molecule has 3 saturated heterocycles. The lowest BCUT2D eigenvalue weighted by Crippen LogP contribution is -2.57. The van der Waals surface area contributed by atoms with Gasteiger partial charge in [-0.25, -0.2) is 4.98 Å². The zero-order chi connectivity index (χ0) is 15.9. The van der Waals surface area contributed by atoms with Crippen molar-refractivity contribution in [3.8, 4) is 0 Å². The van der Waals surface area contributed by atoms with E-state index >= 15 is 0 Å². The molecule has 4 rings (SSSR count). The lowest BCUT2D eigenvalue weighted by Gasteiger charge is -2.44. The zero-order valence-electron chi connectivity index (χ0n) is 11.7. The van der Waals surface area contributed by atoms with E-state index in [0.29, 0.717) is 12.0 Å². The van der Waals surface area contributed by atoms with E-state index in [0.717, 1.165) is 38.7 Å². The van der Waals surface area contributed by atoms with Gasteiger partial charge >= 0.3 is 6.18 Å². The molecule has 3 aliphatic rings. The van der Waals surface area contributed by atoms with Crippen LogP contribution in [-0.2, 0) is 6.18 Å². The number of halogens is 4. The summed E-state index contributed by atoms with van der Waals surface area (Å²) in [6, 6.07) is 0.681. The van der Waals surface area contributed by atoms with E-state index in [1.54, 1.807) is 0 Å². The number of pyridine rings is 1. The molecule has 120 valence electrons. The molecule has 0 aromatic carbocycles. The van der Waals surface area contributed by atoms with Gasteiger partial charge in [-0.2, -0.15) is 13.2 Å². The second kappa shape index (κ2) is 5.70. The Morgan fingerprint density at radius 3 is 2.59 bits per heavy atom. The van der Waals surface area contributed by atoms with Gasteiger partial charge in [0.15, 0.2) is 0 Å². The summed E-state index contributed by atoms with van der Waals surface area (Å²) in [5.74, 6) is -0.191. The lowest BCUT2D eigenvalue weighted by atomic mass is 9.84. The molecule has 0 radical (unpaired) electrons. The average Bonchev–Trinajstić information content (AvgIpc) is 2.47. The third kappa shape index (κ3) is 3.05. The van der Waals surface area contributed by atoms with Crippen LogP contribution in [0.4, 0.5) is 13.2 Å². The topological polar surface area (TPSA) is 45.2 Å². The number of nitrogens with one attached hydrogen (secondary N) is 1. The van der Waals surface area contributed by atoms with Crippen LogP contribution in [-0.4, -0.2) is 41.5 Å². The first-order valence-corrected chi connectivity index (χ1v) is 7.48. The molecule has 0 aliphatic carbocycles. The molecule has 0 saturated carbocycles. The zero-order valence-corrected chi connectivity index (χ0v) is 12.4. The maximum atomic E-state index is 12.8. The predicted octanol–water partition coefficient (Wildman–Crippen LogP) is 2.58. The molecule has 0 unspecified atom stereocenters. The molecule has 0 spiro atoms. The number of nitrogens with zero attached hydrogens (tertiary/aromatic N) is 2. The Kier molecular flexibility index (Phi) is 4.03. The second-order valence-electron chi connectivity index (χ2n) is 5.77. The number of aromatic nitrogens is 1. The molecular weight excluding hydrogens is 319 g/mol. The molecule has 4 nitrogen and oxygen atoms in total. The number of alkyl halides is 3. The highest BCUT2D eigenvalue weighted by atomic mass is 35.5. The van der Waals surface area contributed by atoms with Crippen molar-refractivity contribution in [1.82, 2.24) is 15.2 Å². The van der Waals surface area contributed by atoms with E-state index in [1.807, 2.05) is 0 Å². The first kappa shape index (κ1) is 15.6. The van der Waals surface area contributed by atoms with Crippen molar-refractivity contribution in [2.45, 2.75) is 25.1 Å². The summed E-state index contributed by atoms with van der Waals surface area (Å²) < 4.78 is 38.5. The van der Waals surface area contributed by atoms with Crippen molar-refractivity contribution in [2.75, 3.05) is 19.6 Å². The minimum atomic E-state index is -4.61. The summed E-state index contributed by atoms with van der Waals surface area (Å²) in [7, 11) is 0. The Labute approximate surface area is 130 Å². The first-order valence-electron chi connectivity index (χ1n) is 7.10. The van der Waals surface area contributed by atoms with E-state index < -0.39 is 22.7 Å². The summed E-state index contributed by atoms with van der Waals surface area (Å²) in [6.07, 6.45) is -1.72. The fraction of sp³-hybridized carbons (Fsp3) is 0.571. The molecule has 3 aliphatic heterocycles. The van der Waals surface area contributed by atoms with Crippen LogP contribution in [0.15, 0.2) is 12.3 Å². The number of fused-ring (bicyclic) bond motifs is 3. The molecule has 3 fully saturated rings. The summed E-state index contributed by atoms with van der Waals surface area (Å²) in [6.45, 7) is 2.79. The minimum absolute atomic E-state index is 0.0261. The Morgan fingerprint density at radius 2 is 2.05 bits per heavy atom. The predicted molar refractivity (Wildman–Crippen MR) is 74.7 cm³/mol. The number of amides is 1. The van der Waals surface area contributed by atoms with Gasteiger partial charge in [-0.05, 0) is 37.9 Å². The highest BCUT2D eigenvalue weighted by Gasteiger charge is 2.37. The Morgan fingerprint density at radius 1 is 1.36 bits per heavy atom. The number of carbonyl (C=O) groups excluding carboxylic acids is 1. The molecule has 4 heterocycles. The third-order valence-electron chi connectivity index (χ3n) is 4.37. The fourth-order valence-electron chi connectivity index (χ4n) is 3.15. The second-order valence-corrected chi connectivity index (χ2v) is 6.17. The summed E-state index contributed by atoms with van der Waals surface area (Å²) in [4.78, 5) is 18.2. The molecule has 1 N–H and O–H groups in total. The fourth-order valence-corrected chi connectivity index (χ4v) is 3.36. The maximum absolute atomic E-state index is 12.8. The molecule has 8 heteroatoms. The monoisotopic (exact) mass is 333 g/mol. The lowest BCUT2D eigenvalue weighted by molar-refractivity contribution is -0.137. The molecule has 1 amide bonds. The van der Waals surface area contributed by atoms with Crippen LogP contribution in [0.5, 0.6) is 0 Å². The number of hydrogen-bond donors (Lipinski definition) is 1. The molecule has 1 aromatic heterocycles. The molecule has 1 aromatic rings. The van der Waals surface area contributed by atoms with Crippen LogP contribution in [0.25, 0.3) is 0 Å². The van der Waals surface area contributed by atoms with Gasteiger partial charge in [0.05, 0.1) is 10.6 Å². The number of carbonyl (C=O) groups is 1. The smallest absolute Gasteiger partial charge is 0.346 e. The maximum Gasteiger partial charge on any atom is 0.417 e. The van der Waals surface area contributed by atoms with Crippen molar-refractivity contribution in [3.63, 3.8) is 0 Å². The van der Waals surface area contributed by atoms with Gasteiger partial charge in [0.25, 0.3) is 5.91 Å². The largest absolute Gasteiger partial charge is 0.417 e. The highest BCUT2D eigenvalue weighted by molar-refractivity contribution is 6.31. The van der Waals surface area contributed by atoms with Crippen molar-refractivity contribution in [3.05, 3.63) is 28.5 Å². The summed E-state index contributed by atoms with van der Waals surface area (Å²) in [5, 5.41) is 2.30. The van der Waals surface area contributed by atoms with Gasteiger partial charge in [0.2, 0.25) is 0 Å². The number of hydrogen-bond acceptors (Lipinski definition) is 3. The van der Waals surface area contributed by atoms with Crippen molar-refractivity contribution in [2.24, 2.45) is 5.92 Å². The quantitative estimate of drug-likeness (QED) is 0.905. The Bertz CT molecular complexity index is 585. The average molecular weight is 334 g/mol. The number of piperidine rings is 3. The SMILES string of the molecule is O=C(N[C@H]1CN2CCC1CC2)c1cc(C(F)(F)F)c(Cl)cn1. The Hall–Kier alpha value is -1.34. The molecule has 1 atom stereocenters. The number of rotatable bonds is 2. The normalized spacial score (nSPS) is 27.7. The van der Waals surface area contributed by atoms with Gasteiger partial charge in [-0.3, -0.25) is 4.79 Å². The molecular formula is C14H15ClF3N3O. The van der Waals surface area contributed by atoms with Crippen molar-refractivity contribution >= 4 is 17.5 Å². The Balaban J connectivity index is 1.75. The minimum Gasteiger partial charge on any atom is -0.346 e. The standard InChI is InChI=1S/C14H15ClF3N3O/c15-10-6-19-11(5-9(10)14(16,17)18)13(22)20-12-7-21-3-1-8(12)2-4-21/h5-6,8,12H,1-4,7H2,(H,20,22)/t12-/m0/s1. The van der Waals surface area contributed by atoms with Gasteiger partial charge in [-0.1, -0.05) is 11.6 Å². The molecule has 22 heavy (non-hydrogen) atoms. The van der Waals surface area contributed by atoms with Crippen LogP contribution >= 0.6 is 11.6 Å². The third-order valence-corrected chi connectivity index (χ3v) is 4.67. The van der Waals surface area contributed by atoms with E-state index in [-0.39, 0.29) is 11.7 Å². The van der Waals surface area contributed by atoms with E-state index in [4.69, 9.17) is 11.6 Å². The van der Waals surface area contributed by atoms with Crippen molar-refractivity contribution < 1.29 is 18.0 Å². The summed E-state index contributed by atoms with van der Waals surface area (Å²) >= 11 is 5.51. The van der Waals surface area contributed by atoms with Crippen LogP contribution in [0.1, 0.15) is 28.9 Å². The van der Waals surface area contributed by atoms with Gasteiger partial charge in [0, 0.05) is 18.8 Å². The van der Waals surface area contributed by atoms with Crippen LogP contribution in [0.2, 0.25) is 5.02 Å². The van der Waals surface area contributed by atoms with Gasteiger partial charge < -0.3 is 10.2 Å². The van der Waals surface area contributed by atoms with E-state index in [9.17, 15) is 18.0 Å². The van der Waals surface area contributed by atoms with Crippen LogP contribution in [0, 0.1) is 5.92 Å². The highest BCUT2D eigenvalue weighted by Crippen LogP contribution is 2.34. The first-order chi connectivity index (χ1) is 10.3. The van der Waals surface area contributed by atoms with E-state index in [1.165, 1.54) is 0 Å².